The van der Waals surface area contributed by atoms with Crippen LogP contribution in [0.2, 0.25) is 0 Å². The summed E-state index contributed by atoms with van der Waals surface area (Å²) < 4.78 is 0. The third-order valence-electron chi connectivity index (χ3n) is 3.24. The van der Waals surface area contributed by atoms with Gasteiger partial charge in [0.15, 0.2) is 0 Å². The maximum atomic E-state index is 6.18. The molecule has 0 amide bonds. The first-order chi connectivity index (χ1) is 7.29. The van der Waals surface area contributed by atoms with Crippen LogP contribution < -0.4 is 5.73 Å². The Hall–Kier alpha value is -0.410. The molecule has 2 unspecified atom stereocenters. The minimum absolute atomic E-state index is 0.236. The minimum Gasteiger partial charge on any atom is -0.327 e. The van der Waals surface area contributed by atoms with Crippen LogP contribution in [-0.2, 0) is 6.42 Å². The molecule has 0 aromatic carbocycles. The van der Waals surface area contributed by atoms with E-state index in [4.69, 9.17) is 5.73 Å². The molecule has 0 radical (unpaired) electrons. The van der Waals surface area contributed by atoms with Crippen molar-refractivity contribution < 1.29 is 0 Å². The molecule has 0 aliphatic rings. The van der Waals surface area contributed by atoms with Crippen LogP contribution in [0.25, 0.3) is 0 Å². The SMILES string of the molecule is Cc1csc(CC(N)CC(C)C(C)(C)C)n1. The van der Waals surface area contributed by atoms with Gasteiger partial charge in [0, 0.05) is 23.5 Å². The fraction of sp³-hybridized carbons (Fsp3) is 0.769. The molecule has 2 atom stereocenters. The Morgan fingerprint density at radius 2 is 2.06 bits per heavy atom. The van der Waals surface area contributed by atoms with Crippen molar-refractivity contribution in [2.75, 3.05) is 0 Å². The number of aryl methyl sites for hydroxylation is 1. The molecule has 0 aliphatic carbocycles. The Balaban J connectivity index is 2.45. The van der Waals surface area contributed by atoms with Gasteiger partial charge in [-0.25, -0.2) is 4.98 Å². The van der Waals surface area contributed by atoms with E-state index in [1.165, 1.54) is 5.01 Å². The Labute approximate surface area is 103 Å². The molecule has 1 heterocycles. The van der Waals surface area contributed by atoms with Gasteiger partial charge < -0.3 is 5.73 Å². The lowest BCUT2D eigenvalue weighted by molar-refractivity contribution is 0.233. The predicted octanol–water partition coefficient (Wildman–Crippen LogP) is 3.39. The maximum Gasteiger partial charge on any atom is 0.0943 e. The average Bonchev–Trinajstić information content (AvgIpc) is 2.49. The van der Waals surface area contributed by atoms with Gasteiger partial charge in [-0.15, -0.1) is 11.3 Å². The summed E-state index contributed by atoms with van der Waals surface area (Å²) in [6, 6.07) is 0.236. The number of hydrogen-bond acceptors (Lipinski definition) is 3. The van der Waals surface area contributed by atoms with E-state index in [1.54, 1.807) is 11.3 Å². The molecule has 16 heavy (non-hydrogen) atoms. The van der Waals surface area contributed by atoms with E-state index in [1.807, 2.05) is 6.92 Å². The lowest BCUT2D eigenvalue weighted by atomic mass is 9.78. The number of hydrogen-bond donors (Lipinski definition) is 1. The molecule has 1 rings (SSSR count). The molecule has 2 nitrogen and oxygen atoms in total. The van der Waals surface area contributed by atoms with E-state index in [2.05, 4.69) is 38.1 Å². The number of nitrogens with two attached hydrogens (primary N) is 1. The zero-order valence-corrected chi connectivity index (χ0v) is 11.9. The monoisotopic (exact) mass is 240 g/mol. The lowest BCUT2D eigenvalue weighted by Crippen LogP contribution is -2.30. The number of thiazole rings is 1. The summed E-state index contributed by atoms with van der Waals surface area (Å²) in [6.45, 7) is 11.1. The summed E-state index contributed by atoms with van der Waals surface area (Å²) in [5.74, 6) is 0.642. The van der Waals surface area contributed by atoms with Gasteiger partial charge in [-0.2, -0.15) is 0 Å². The van der Waals surface area contributed by atoms with Gasteiger partial charge in [-0.1, -0.05) is 27.7 Å². The molecule has 0 saturated carbocycles. The Bertz CT molecular complexity index is 325. The van der Waals surface area contributed by atoms with Crippen LogP contribution >= 0.6 is 11.3 Å². The smallest absolute Gasteiger partial charge is 0.0943 e. The molecular formula is C13H24N2S. The van der Waals surface area contributed by atoms with Crippen LogP contribution in [0.5, 0.6) is 0 Å². The van der Waals surface area contributed by atoms with Crippen molar-refractivity contribution in [2.24, 2.45) is 17.1 Å². The molecule has 0 fully saturated rings. The third-order valence-corrected chi connectivity index (χ3v) is 4.23. The molecular weight excluding hydrogens is 216 g/mol. The third kappa shape index (κ3) is 4.22. The first-order valence-electron chi connectivity index (χ1n) is 5.95. The van der Waals surface area contributed by atoms with Gasteiger partial charge in [0.05, 0.1) is 5.01 Å². The standard InChI is InChI=1S/C13H24N2S/c1-9(13(3,4)5)6-11(14)7-12-15-10(2)8-16-12/h8-9,11H,6-7,14H2,1-5H3. The second-order valence-corrected chi connectivity index (χ2v) is 6.79. The van der Waals surface area contributed by atoms with Gasteiger partial charge in [0.2, 0.25) is 0 Å². The summed E-state index contributed by atoms with van der Waals surface area (Å²) in [4.78, 5) is 4.46. The number of rotatable bonds is 4. The van der Waals surface area contributed by atoms with Crippen molar-refractivity contribution in [2.45, 2.75) is 53.5 Å². The van der Waals surface area contributed by atoms with Crippen LogP contribution in [-0.4, -0.2) is 11.0 Å². The van der Waals surface area contributed by atoms with Crippen LogP contribution in [0.4, 0.5) is 0 Å². The minimum atomic E-state index is 0.236. The second-order valence-electron chi connectivity index (χ2n) is 5.85. The maximum absolute atomic E-state index is 6.18. The van der Waals surface area contributed by atoms with Crippen LogP contribution in [0.15, 0.2) is 5.38 Å². The molecule has 0 bridgehead atoms. The highest BCUT2D eigenvalue weighted by Crippen LogP contribution is 2.29. The van der Waals surface area contributed by atoms with Crippen molar-refractivity contribution in [3.8, 4) is 0 Å². The van der Waals surface area contributed by atoms with E-state index >= 15 is 0 Å². The van der Waals surface area contributed by atoms with Gasteiger partial charge >= 0.3 is 0 Å². The Kier molecular flexibility index (Phi) is 4.51. The van der Waals surface area contributed by atoms with Crippen molar-refractivity contribution in [1.82, 2.24) is 4.98 Å². The largest absolute Gasteiger partial charge is 0.327 e. The highest BCUT2D eigenvalue weighted by atomic mass is 32.1. The zero-order chi connectivity index (χ0) is 12.3. The fourth-order valence-electron chi connectivity index (χ4n) is 1.61. The second kappa shape index (κ2) is 5.28. The summed E-state index contributed by atoms with van der Waals surface area (Å²) >= 11 is 1.72. The summed E-state index contributed by atoms with van der Waals surface area (Å²) in [5, 5.41) is 3.26. The van der Waals surface area contributed by atoms with E-state index in [0.717, 1.165) is 18.5 Å². The molecule has 2 N–H and O–H groups in total. The summed E-state index contributed by atoms with van der Waals surface area (Å²) in [7, 11) is 0. The van der Waals surface area contributed by atoms with E-state index in [-0.39, 0.29) is 6.04 Å². The van der Waals surface area contributed by atoms with Crippen LogP contribution in [0.1, 0.15) is 44.8 Å². The van der Waals surface area contributed by atoms with Crippen LogP contribution in [0.3, 0.4) is 0 Å². The van der Waals surface area contributed by atoms with Crippen molar-refractivity contribution in [3.05, 3.63) is 16.1 Å². The molecule has 0 spiro atoms. The van der Waals surface area contributed by atoms with Crippen molar-refractivity contribution >= 4 is 11.3 Å². The van der Waals surface area contributed by atoms with Gasteiger partial charge in [0.1, 0.15) is 0 Å². The van der Waals surface area contributed by atoms with E-state index in [9.17, 15) is 0 Å². The molecule has 0 aliphatic heterocycles. The topological polar surface area (TPSA) is 38.9 Å². The highest BCUT2D eigenvalue weighted by Gasteiger charge is 2.22. The highest BCUT2D eigenvalue weighted by molar-refractivity contribution is 7.09. The molecule has 1 aromatic heterocycles. The molecule has 92 valence electrons. The summed E-state index contributed by atoms with van der Waals surface area (Å²) in [6.07, 6.45) is 1.99. The van der Waals surface area contributed by atoms with Gasteiger partial charge in [-0.3, -0.25) is 0 Å². The number of nitrogens with zero attached hydrogens (tertiary/aromatic N) is 1. The van der Waals surface area contributed by atoms with E-state index < -0.39 is 0 Å². The number of aromatic nitrogens is 1. The zero-order valence-electron chi connectivity index (χ0n) is 11.1. The van der Waals surface area contributed by atoms with Crippen molar-refractivity contribution in [3.63, 3.8) is 0 Å². The fourth-order valence-corrected chi connectivity index (χ4v) is 2.48. The Morgan fingerprint density at radius 1 is 1.44 bits per heavy atom. The quantitative estimate of drug-likeness (QED) is 0.876. The van der Waals surface area contributed by atoms with Gasteiger partial charge in [-0.05, 0) is 24.7 Å². The normalized spacial score (nSPS) is 16.1. The van der Waals surface area contributed by atoms with Crippen LogP contribution in [0, 0.1) is 18.3 Å². The van der Waals surface area contributed by atoms with E-state index in [0.29, 0.717) is 11.3 Å². The molecule has 1 aromatic rings. The van der Waals surface area contributed by atoms with Gasteiger partial charge in [0.25, 0.3) is 0 Å². The molecule has 0 saturated heterocycles. The first-order valence-corrected chi connectivity index (χ1v) is 6.83. The lowest BCUT2D eigenvalue weighted by Gasteiger charge is -2.29. The Morgan fingerprint density at radius 3 is 2.50 bits per heavy atom. The average molecular weight is 240 g/mol. The van der Waals surface area contributed by atoms with Crippen molar-refractivity contribution in [1.29, 1.82) is 0 Å². The first kappa shape index (κ1) is 13.7. The molecule has 3 heteroatoms. The summed E-state index contributed by atoms with van der Waals surface area (Å²) in [5.41, 5.74) is 7.63. The predicted molar refractivity (Wildman–Crippen MR) is 71.8 cm³/mol.